The van der Waals surface area contributed by atoms with Gasteiger partial charge in [0.1, 0.15) is 6.10 Å². The van der Waals surface area contributed by atoms with Crippen molar-refractivity contribution in [3.8, 4) is 0 Å². The summed E-state index contributed by atoms with van der Waals surface area (Å²) in [5.41, 5.74) is 0.899. The largest absolute Gasteiger partial charge is 0.416 e. The van der Waals surface area contributed by atoms with Gasteiger partial charge in [-0.15, -0.1) is 0 Å². The lowest BCUT2D eigenvalue weighted by Crippen LogP contribution is -2.67. The molecule has 2 aromatic carbocycles. The molecule has 5 nitrogen and oxygen atoms in total. The van der Waals surface area contributed by atoms with Crippen molar-refractivity contribution in [2.24, 2.45) is 11.1 Å². The molecule has 36 heavy (non-hydrogen) atoms. The molecule has 0 unspecified atom stereocenters. The van der Waals surface area contributed by atoms with Gasteiger partial charge in [-0.05, 0) is 33.5 Å². The maximum Gasteiger partial charge on any atom is 0.261 e. The first kappa shape index (κ1) is 28.8. The number of benzene rings is 2. The Kier molecular flexibility index (Phi) is 10.1. The van der Waals surface area contributed by atoms with Crippen molar-refractivity contribution < 1.29 is 18.8 Å². The summed E-state index contributed by atoms with van der Waals surface area (Å²) in [6, 6.07) is 24.6. The zero-order valence-corrected chi connectivity index (χ0v) is 25.0. The van der Waals surface area contributed by atoms with E-state index in [1.807, 2.05) is 0 Å². The fraction of sp³-hybridized carbons (Fsp3) is 0.552. The van der Waals surface area contributed by atoms with E-state index in [2.05, 4.69) is 107 Å². The minimum absolute atomic E-state index is 0.0324. The zero-order chi connectivity index (χ0) is 26.2. The molecular formula is C29H45NO4Si2. The van der Waals surface area contributed by atoms with Crippen LogP contribution in [-0.2, 0) is 13.7 Å². The highest BCUT2D eigenvalue weighted by Gasteiger charge is 2.50. The number of aliphatic hydroxyl groups is 1. The third-order valence-corrected chi connectivity index (χ3v) is 17.6. The summed E-state index contributed by atoms with van der Waals surface area (Å²) in [6.07, 6.45) is 0.483. The Morgan fingerprint density at radius 3 is 1.89 bits per heavy atom. The summed E-state index contributed by atoms with van der Waals surface area (Å²) in [4.78, 5) is 5.85. The fourth-order valence-corrected chi connectivity index (χ4v) is 12.6. The van der Waals surface area contributed by atoms with E-state index in [0.717, 1.165) is 23.8 Å². The van der Waals surface area contributed by atoms with Gasteiger partial charge in [0.25, 0.3) is 8.32 Å². The van der Waals surface area contributed by atoms with Crippen LogP contribution in [0.25, 0.3) is 0 Å². The Hall–Kier alpha value is -1.78. The van der Waals surface area contributed by atoms with Crippen molar-refractivity contribution in [2.75, 3.05) is 19.8 Å². The van der Waals surface area contributed by atoms with E-state index in [1.54, 1.807) is 0 Å². The van der Waals surface area contributed by atoms with E-state index < -0.39 is 16.6 Å². The van der Waals surface area contributed by atoms with Crippen LogP contribution in [0.5, 0.6) is 0 Å². The number of nitrogens with zero attached hydrogens (tertiary/aromatic N) is 1. The first-order valence-electron chi connectivity index (χ1n) is 13.5. The second-order valence-electron chi connectivity index (χ2n) is 11.0. The van der Waals surface area contributed by atoms with E-state index in [-0.39, 0.29) is 23.7 Å². The van der Waals surface area contributed by atoms with Gasteiger partial charge < -0.3 is 18.8 Å². The second kappa shape index (κ2) is 12.6. The Balaban J connectivity index is 1.76. The van der Waals surface area contributed by atoms with E-state index >= 15 is 0 Å². The van der Waals surface area contributed by atoms with Crippen molar-refractivity contribution >= 4 is 32.7 Å². The van der Waals surface area contributed by atoms with Gasteiger partial charge in [0.05, 0.1) is 18.9 Å². The summed E-state index contributed by atoms with van der Waals surface area (Å²) in [5.74, 6) is -0.0874. The van der Waals surface area contributed by atoms with Gasteiger partial charge in [-0.1, -0.05) is 107 Å². The van der Waals surface area contributed by atoms with Gasteiger partial charge in [-0.25, -0.2) is 0 Å². The Morgan fingerprint density at radius 2 is 1.44 bits per heavy atom. The van der Waals surface area contributed by atoms with Crippen LogP contribution >= 0.6 is 0 Å². The summed E-state index contributed by atoms with van der Waals surface area (Å²) in [5, 5.41) is 17.0. The molecule has 3 rings (SSSR count). The number of oxime groups is 1. The maximum absolute atomic E-state index is 10.1. The summed E-state index contributed by atoms with van der Waals surface area (Å²) in [7, 11) is -4.36. The lowest BCUT2D eigenvalue weighted by atomic mass is 10.0. The minimum atomic E-state index is -2.63. The SMILES string of the molecule is CC[Si](CC)(CC)OC[C@H](CO)[C@@H]1CC(CO[Si](c2ccccc2)(c2ccccc2)C(C)(C)C)=NO1. The van der Waals surface area contributed by atoms with Gasteiger partial charge in [0.15, 0.2) is 8.32 Å². The van der Waals surface area contributed by atoms with Gasteiger partial charge in [0.2, 0.25) is 0 Å². The van der Waals surface area contributed by atoms with E-state index in [0.29, 0.717) is 19.6 Å². The first-order valence-corrected chi connectivity index (χ1v) is 17.9. The molecule has 0 saturated carbocycles. The van der Waals surface area contributed by atoms with Crippen LogP contribution in [0.4, 0.5) is 0 Å². The molecule has 0 fully saturated rings. The fourth-order valence-electron chi connectivity index (χ4n) is 5.36. The molecule has 198 valence electrons. The van der Waals surface area contributed by atoms with Crippen molar-refractivity contribution in [1.82, 2.24) is 0 Å². The van der Waals surface area contributed by atoms with Gasteiger partial charge >= 0.3 is 0 Å². The van der Waals surface area contributed by atoms with Crippen LogP contribution in [0, 0.1) is 5.92 Å². The standard InChI is InChI=1S/C29H45NO4Si2/c1-7-35(8-2,9-3)32-22-24(21-31)28-20-25(30-34-28)23-33-36(29(4,5)6,26-16-12-10-13-17-26)27-18-14-11-15-19-27/h10-19,24,28,31H,7-9,20-23H2,1-6H3/t24-,28-/m0/s1. The van der Waals surface area contributed by atoms with E-state index in [4.69, 9.17) is 13.7 Å². The van der Waals surface area contributed by atoms with Crippen LogP contribution in [-0.4, -0.2) is 53.4 Å². The summed E-state index contributed by atoms with van der Waals surface area (Å²) >= 11 is 0. The van der Waals surface area contributed by atoms with Crippen molar-refractivity contribution in [1.29, 1.82) is 0 Å². The third-order valence-electron chi connectivity index (χ3n) is 7.92. The Morgan fingerprint density at radius 1 is 0.917 bits per heavy atom. The molecule has 2 atom stereocenters. The molecule has 0 bridgehead atoms. The molecule has 0 aromatic heterocycles. The quantitative estimate of drug-likeness (QED) is 0.357. The molecule has 0 radical (unpaired) electrons. The average molecular weight is 528 g/mol. The monoisotopic (exact) mass is 527 g/mol. The van der Waals surface area contributed by atoms with Gasteiger partial charge in [-0.2, -0.15) is 0 Å². The number of hydrogen-bond acceptors (Lipinski definition) is 5. The van der Waals surface area contributed by atoms with Crippen LogP contribution < -0.4 is 10.4 Å². The lowest BCUT2D eigenvalue weighted by molar-refractivity contribution is -0.00234. The average Bonchev–Trinajstić information content (AvgIpc) is 3.37. The number of hydrogen-bond donors (Lipinski definition) is 1. The molecule has 0 saturated heterocycles. The maximum atomic E-state index is 10.1. The van der Waals surface area contributed by atoms with Crippen LogP contribution in [0.3, 0.4) is 0 Å². The first-order chi connectivity index (χ1) is 17.2. The third kappa shape index (κ3) is 6.19. The Labute approximate surface area is 220 Å². The summed E-state index contributed by atoms with van der Waals surface area (Å²) < 4.78 is 13.5. The highest BCUT2D eigenvalue weighted by atomic mass is 28.4. The van der Waals surface area contributed by atoms with Crippen molar-refractivity contribution in [3.05, 3.63) is 60.7 Å². The Bertz CT molecular complexity index is 910. The van der Waals surface area contributed by atoms with Crippen LogP contribution in [0.2, 0.25) is 23.2 Å². The second-order valence-corrected chi connectivity index (χ2v) is 20.0. The molecule has 0 spiro atoms. The molecule has 1 aliphatic rings. The lowest BCUT2D eigenvalue weighted by Gasteiger charge is -2.43. The highest BCUT2D eigenvalue weighted by Crippen LogP contribution is 2.37. The predicted octanol–water partition coefficient (Wildman–Crippen LogP) is 5.34. The normalized spacial score (nSPS) is 17.5. The molecule has 0 amide bonds. The molecule has 2 aromatic rings. The van der Waals surface area contributed by atoms with Crippen molar-refractivity contribution in [2.45, 2.75) is 77.2 Å². The van der Waals surface area contributed by atoms with Crippen LogP contribution in [0.15, 0.2) is 65.8 Å². The molecule has 0 aliphatic carbocycles. The smallest absolute Gasteiger partial charge is 0.261 e. The molecule has 1 heterocycles. The molecule has 1 N–H and O–H groups in total. The van der Waals surface area contributed by atoms with Gasteiger partial charge in [-0.3, -0.25) is 0 Å². The predicted molar refractivity (Wildman–Crippen MR) is 154 cm³/mol. The molecule has 7 heteroatoms. The topological polar surface area (TPSA) is 60.3 Å². The van der Waals surface area contributed by atoms with E-state index in [9.17, 15) is 5.11 Å². The highest BCUT2D eigenvalue weighted by molar-refractivity contribution is 6.99. The molecule has 1 aliphatic heterocycles. The number of rotatable bonds is 13. The minimum Gasteiger partial charge on any atom is -0.416 e. The zero-order valence-electron chi connectivity index (χ0n) is 23.0. The van der Waals surface area contributed by atoms with Crippen LogP contribution in [0.1, 0.15) is 48.0 Å². The molecular weight excluding hydrogens is 482 g/mol. The van der Waals surface area contributed by atoms with Crippen molar-refractivity contribution in [3.63, 3.8) is 0 Å². The summed E-state index contributed by atoms with van der Waals surface area (Å²) in [6.45, 7) is 14.5. The number of aliphatic hydroxyl groups excluding tert-OH is 1. The van der Waals surface area contributed by atoms with E-state index in [1.165, 1.54) is 10.4 Å². The van der Waals surface area contributed by atoms with Gasteiger partial charge in [0, 0.05) is 18.9 Å².